The van der Waals surface area contributed by atoms with E-state index in [-0.39, 0.29) is 5.41 Å². The van der Waals surface area contributed by atoms with Gasteiger partial charge >= 0.3 is 0 Å². The van der Waals surface area contributed by atoms with Crippen LogP contribution in [0.2, 0.25) is 5.02 Å². The summed E-state index contributed by atoms with van der Waals surface area (Å²) in [6, 6.07) is 6.67. The number of para-hydroxylation sites is 1. The predicted molar refractivity (Wildman–Crippen MR) is 82.5 cm³/mol. The quantitative estimate of drug-likeness (QED) is 0.914. The van der Waals surface area contributed by atoms with Crippen molar-refractivity contribution in [3.8, 4) is 0 Å². The summed E-state index contributed by atoms with van der Waals surface area (Å²) in [6.07, 6.45) is 4.94. The van der Waals surface area contributed by atoms with Crippen molar-refractivity contribution in [1.29, 1.82) is 0 Å². The monoisotopic (exact) mass is 289 g/mol. The molecule has 0 spiro atoms. The van der Waals surface area contributed by atoms with Crippen LogP contribution < -0.4 is 5.32 Å². The summed E-state index contributed by atoms with van der Waals surface area (Å²) in [6.45, 7) is 4.48. The molecular weight excluding hydrogens is 270 g/mol. The van der Waals surface area contributed by atoms with Crippen LogP contribution in [0.25, 0.3) is 11.0 Å². The molecule has 1 saturated carbocycles. The van der Waals surface area contributed by atoms with Gasteiger partial charge in [-0.2, -0.15) is 0 Å². The molecule has 0 bridgehead atoms. The molecule has 1 unspecified atom stereocenters. The van der Waals surface area contributed by atoms with Crippen LogP contribution in [0.1, 0.15) is 44.5 Å². The predicted octanol–water partition coefficient (Wildman–Crippen LogP) is 3.67. The van der Waals surface area contributed by atoms with Crippen molar-refractivity contribution in [2.45, 2.75) is 44.1 Å². The molecule has 1 aromatic carbocycles. The van der Waals surface area contributed by atoms with Gasteiger partial charge < -0.3 is 9.88 Å². The van der Waals surface area contributed by atoms with Crippen LogP contribution in [0.4, 0.5) is 0 Å². The molecule has 1 aliphatic carbocycles. The Morgan fingerprint density at radius 3 is 2.95 bits per heavy atom. The highest BCUT2D eigenvalue weighted by Gasteiger charge is 2.38. The van der Waals surface area contributed by atoms with Gasteiger partial charge in [-0.15, -0.1) is 0 Å². The van der Waals surface area contributed by atoms with E-state index in [2.05, 4.69) is 22.9 Å². The van der Waals surface area contributed by atoms with Crippen LogP contribution in [-0.4, -0.2) is 22.6 Å². The lowest BCUT2D eigenvalue weighted by molar-refractivity contribution is 0.314. The molecule has 20 heavy (non-hydrogen) atoms. The number of rotatable bonds is 2. The van der Waals surface area contributed by atoms with Gasteiger partial charge in [0.2, 0.25) is 0 Å². The number of imidazole rings is 1. The molecule has 0 radical (unpaired) electrons. The molecule has 2 heterocycles. The van der Waals surface area contributed by atoms with E-state index in [1.165, 1.54) is 31.5 Å². The minimum absolute atomic E-state index is 0.128. The summed E-state index contributed by atoms with van der Waals surface area (Å²) in [5.41, 5.74) is 2.31. The zero-order valence-corrected chi connectivity index (χ0v) is 12.6. The van der Waals surface area contributed by atoms with Gasteiger partial charge in [0, 0.05) is 18.0 Å². The van der Waals surface area contributed by atoms with E-state index in [4.69, 9.17) is 16.6 Å². The molecule has 1 aromatic heterocycles. The first-order chi connectivity index (χ1) is 9.69. The molecule has 4 rings (SSSR count). The highest BCUT2D eigenvalue weighted by molar-refractivity contribution is 6.35. The third-order valence-electron chi connectivity index (χ3n) is 4.71. The van der Waals surface area contributed by atoms with E-state index in [0.717, 1.165) is 29.1 Å². The van der Waals surface area contributed by atoms with Crippen LogP contribution in [0.15, 0.2) is 18.2 Å². The molecule has 106 valence electrons. The Morgan fingerprint density at radius 1 is 1.40 bits per heavy atom. The van der Waals surface area contributed by atoms with Gasteiger partial charge in [0.25, 0.3) is 0 Å². The molecule has 1 N–H and O–H groups in total. The fraction of sp³-hybridized carbons (Fsp3) is 0.562. The number of piperidine rings is 1. The molecule has 3 nitrogen and oxygen atoms in total. The lowest BCUT2D eigenvalue weighted by Crippen LogP contribution is -2.42. The molecule has 2 aliphatic rings. The van der Waals surface area contributed by atoms with Crippen LogP contribution >= 0.6 is 11.6 Å². The summed E-state index contributed by atoms with van der Waals surface area (Å²) in [5.74, 6) is 1.23. The van der Waals surface area contributed by atoms with Crippen molar-refractivity contribution in [1.82, 2.24) is 14.9 Å². The molecule has 4 heteroatoms. The van der Waals surface area contributed by atoms with Crippen LogP contribution in [-0.2, 0) is 5.41 Å². The summed E-state index contributed by atoms with van der Waals surface area (Å²) in [4.78, 5) is 4.97. The molecule has 1 saturated heterocycles. The molecule has 0 amide bonds. The molecular formula is C16H20ClN3. The summed E-state index contributed by atoms with van der Waals surface area (Å²) >= 11 is 6.46. The van der Waals surface area contributed by atoms with Crippen molar-refractivity contribution in [3.05, 3.63) is 29.0 Å². The smallest absolute Gasteiger partial charge is 0.117 e. The molecule has 2 fully saturated rings. The van der Waals surface area contributed by atoms with Crippen LogP contribution in [0.5, 0.6) is 0 Å². The topological polar surface area (TPSA) is 29.9 Å². The Balaban J connectivity index is 1.94. The zero-order chi connectivity index (χ0) is 13.7. The minimum Gasteiger partial charge on any atom is -0.323 e. The third kappa shape index (κ3) is 1.87. The number of halogens is 1. The Bertz CT molecular complexity index is 651. The average molecular weight is 290 g/mol. The fourth-order valence-corrected chi connectivity index (χ4v) is 3.73. The number of hydrogen-bond donors (Lipinski definition) is 1. The van der Waals surface area contributed by atoms with Gasteiger partial charge in [-0.1, -0.05) is 24.6 Å². The maximum Gasteiger partial charge on any atom is 0.117 e. The molecule has 1 atom stereocenters. The van der Waals surface area contributed by atoms with E-state index in [1.54, 1.807) is 0 Å². The number of benzene rings is 1. The highest BCUT2D eigenvalue weighted by atomic mass is 35.5. The standard InChI is InChI=1S/C16H20ClN3/c1-16(8-3-9-18-10-16)15-19-13-5-2-4-12(17)14(13)20(15)11-6-7-11/h2,4-5,11,18H,3,6-10H2,1H3. The van der Waals surface area contributed by atoms with Gasteiger partial charge in [0.15, 0.2) is 0 Å². The second-order valence-electron chi connectivity index (χ2n) is 6.49. The maximum atomic E-state index is 6.46. The van der Waals surface area contributed by atoms with E-state index in [9.17, 15) is 0 Å². The Labute approximate surface area is 124 Å². The van der Waals surface area contributed by atoms with E-state index < -0.39 is 0 Å². The SMILES string of the molecule is CC1(c2nc3cccc(Cl)c3n2C2CC2)CCCNC1. The highest BCUT2D eigenvalue weighted by Crippen LogP contribution is 2.44. The largest absolute Gasteiger partial charge is 0.323 e. The number of nitrogens with zero attached hydrogens (tertiary/aromatic N) is 2. The van der Waals surface area contributed by atoms with Gasteiger partial charge in [-0.05, 0) is 44.4 Å². The first kappa shape index (κ1) is 12.7. The summed E-state index contributed by atoms with van der Waals surface area (Å²) in [5, 5.41) is 4.37. The van der Waals surface area contributed by atoms with Crippen molar-refractivity contribution < 1.29 is 0 Å². The molecule has 1 aliphatic heterocycles. The van der Waals surface area contributed by atoms with E-state index in [0.29, 0.717) is 6.04 Å². The van der Waals surface area contributed by atoms with Crippen molar-refractivity contribution in [2.75, 3.05) is 13.1 Å². The lowest BCUT2D eigenvalue weighted by Gasteiger charge is -2.34. The van der Waals surface area contributed by atoms with Crippen molar-refractivity contribution >= 4 is 22.6 Å². The van der Waals surface area contributed by atoms with Crippen molar-refractivity contribution in [2.24, 2.45) is 0 Å². The Morgan fingerprint density at radius 2 is 2.25 bits per heavy atom. The van der Waals surface area contributed by atoms with E-state index >= 15 is 0 Å². The number of hydrogen-bond acceptors (Lipinski definition) is 2. The number of nitrogens with one attached hydrogen (secondary N) is 1. The van der Waals surface area contributed by atoms with Crippen LogP contribution in [0, 0.1) is 0 Å². The third-order valence-corrected chi connectivity index (χ3v) is 5.02. The van der Waals surface area contributed by atoms with Crippen LogP contribution in [0.3, 0.4) is 0 Å². The van der Waals surface area contributed by atoms with Gasteiger partial charge in [-0.25, -0.2) is 4.98 Å². The fourth-order valence-electron chi connectivity index (χ4n) is 3.47. The lowest BCUT2D eigenvalue weighted by atomic mass is 9.82. The summed E-state index contributed by atoms with van der Waals surface area (Å²) < 4.78 is 2.44. The molecule has 2 aromatic rings. The Hall–Kier alpha value is -1.06. The Kier molecular flexibility index (Phi) is 2.83. The van der Waals surface area contributed by atoms with Crippen molar-refractivity contribution in [3.63, 3.8) is 0 Å². The number of fused-ring (bicyclic) bond motifs is 1. The average Bonchev–Trinajstić information content (AvgIpc) is 3.20. The first-order valence-corrected chi connectivity index (χ1v) is 7.94. The second kappa shape index (κ2) is 4.47. The van der Waals surface area contributed by atoms with E-state index in [1.807, 2.05) is 12.1 Å². The van der Waals surface area contributed by atoms with Gasteiger partial charge in [0.1, 0.15) is 5.82 Å². The normalized spacial score (nSPS) is 27.1. The second-order valence-corrected chi connectivity index (χ2v) is 6.89. The summed E-state index contributed by atoms with van der Waals surface area (Å²) in [7, 11) is 0. The number of aromatic nitrogens is 2. The zero-order valence-electron chi connectivity index (χ0n) is 11.8. The van der Waals surface area contributed by atoms with Gasteiger partial charge in [-0.3, -0.25) is 0 Å². The maximum absolute atomic E-state index is 6.46. The minimum atomic E-state index is 0.128. The van der Waals surface area contributed by atoms with Gasteiger partial charge in [0.05, 0.1) is 16.1 Å². The first-order valence-electron chi connectivity index (χ1n) is 7.57.